The summed E-state index contributed by atoms with van der Waals surface area (Å²) in [6.07, 6.45) is 0.349. The van der Waals surface area contributed by atoms with Crippen molar-refractivity contribution in [1.82, 2.24) is 5.32 Å². The lowest BCUT2D eigenvalue weighted by Crippen LogP contribution is -2.37. The number of ether oxygens (including phenoxy) is 2. The van der Waals surface area contributed by atoms with Gasteiger partial charge in [0.15, 0.2) is 0 Å². The zero-order valence-electron chi connectivity index (χ0n) is 16.2. The highest BCUT2D eigenvalue weighted by molar-refractivity contribution is 5.79. The maximum Gasteiger partial charge on any atom is 0.224 e. The molecule has 0 fully saturated rings. The SMILES string of the molecule is COc1ccc(OC[C@H](C)NC(=O)Cc2ccc(-c3ccccc3)cc2)cc1. The molecule has 0 aliphatic carbocycles. The molecule has 144 valence electrons. The standard InChI is InChI=1S/C24H25NO3/c1-18(17-28-23-14-12-22(27-2)13-15-23)25-24(26)16-19-8-10-21(11-9-19)20-6-4-3-5-7-20/h3-15,18H,16-17H2,1-2H3,(H,25,26)/t18-/m0/s1. The Morgan fingerprint density at radius 1 is 0.857 bits per heavy atom. The van der Waals surface area contributed by atoms with E-state index in [2.05, 4.69) is 17.4 Å². The summed E-state index contributed by atoms with van der Waals surface area (Å²) < 4.78 is 10.8. The largest absolute Gasteiger partial charge is 0.497 e. The van der Waals surface area contributed by atoms with Crippen LogP contribution in [0.1, 0.15) is 12.5 Å². The molecule has 3 aromatic rings. The fourth-order valence-corrected chi connectivity index (χ4v) is 2.89. The molecule has 0 aromatic heterocycles. The minimum absolute atomic E-state index is 0.0155. The molecule has 3 rings (SSSR count). The second-order valence-corrected chi connectivity index (χ2v) is 6.69. The van der Waals surface area contributed by atoms with Gasteiger partial charge in [-0.2, -0.15) is 0 Å². The number of nitrogens with one attached hydrogen (secondary N) is 1. The first kappa shape index (κ1) is 19.5. The molecule has 1 atom stereocenters. The van der Waals surface area contributed by atoms with Crippen LogP contribution in [0.25, 0.3) is 11.1 Å². The maximum atomic E-state index is 12.3. The van der Waals surface area contributed by atoms with Crippen molar-refractivity contribution < 1.29 is 14.3 Å². The molecule has 1 N–H and O–H groups in total. The van der Waals surface area contributed by atoms with E-state index in [1.165, 1.54) is 5.56 Å². The Morgan fingerprint density at radius 3 is 2.11 bits per heavy atom. The van der Waals surface area contributed by atoms with Gasteiger partial charge >= 0.3 is 0 Å². The van der Waals surface area contributed by atoms with Gasteiger partial charge in [0.1, 0.15) is 18.1 Å². The molecule has 0 aliphatic heterocycles. The van der Waals surface area contributed by atoms with Crippen molar-refractivity contribution in [3.05, 3.63) is 84.4 Å². The number of methoxy groups -OCH3 is 1. The fraction of sp³-hybridized carbons (Fsp3) is 0.208. The Bertz CT molecular complexity index is 874. The van der Waals surface area contributed by atoms with E-state index >= 15 is 0 Å². The topological polar surface area (TPSA) is 47.6 Å². The van der Waals surface area contributed by atoms with E-state index in [0.29, 0.717) is 13.0 Å². The molecule has 0 radical (unpaired) electrons. The Kier molecular flexibility index (Phi) is 6.68. The molecule has 0 spiro atoms. The average Bonchev–Trinajstić information content (AvgIpc) is 2.74. The van der Waals surface area contributed by atoms with Crippen LogP contribution in [0.3, 0.4) is 0 Å². The lowest BCUT2D eigenvalue weighted by molar-refractivity contribution is -0.121. The van der Waals surface area contributed by atoms with Crippen LogP contribution < -0.4 is 14.8 Å². The molecule has 0 heterocycles. The molecule has 4 heteroatoms. The Balaban J connectivity index is 1.46. The summed E-state index contributed by atoms with van der Waals surface area (Å²) in [5.74, 6) is 1.52. The molecular weight excluding hydrogens is 350 g/mol. The number of carbonyl (C=O) groups is 1. The number of benzene rings is 3. The molecular formula is C24H25NO3. The van der Waals surface area contributed by atoms with Crippen LogP contribution in [-0.2, 0) is 11.2 Å². The van der Waals surface area contributed by atoms with Gasteiger partial charge in [0, 0.05) is 0 Å². The first-order valence-electron chi connectivity index (χ1n) is 9.34. The van der Waals surface area contributed by atoms with Crippen LogP contribution in [0.15, 0.2) is 78.9 Å². The first-order chi connectivity index (χ1) is 13.6. The van der Waals surface area contributed by atoms with Crippen LogP contribution in [0.2, 0.25) is 0 Å². The van der Waals surface area contributed by atoms with Crippen LogP contribution in [0.4, 0.5) is 0 Å². The molecule has 4 nitrogen and oxygen atoms in total. The number of hydrogen-bond donors (Lipinski definition) is 1. The number of amides is 1. The highest BCUT2D eigenvalue weighted by atomic mass is 16.5. The van der Waals surface area contributed by atoms with Crippen LogP contribution in [0.5, 0.6) is 11.5 Å². The Morgan fingerprint density at radius 2 is 1.46 bits per heavy atom. The molecule has 0 saturated carbocycles. The molecule has 0 aliphatic rings. The van der Waals surface area contributed by atoms with E-state index in [1.54, 1.807) is 7.11 Å². The summed E-state index contributed by atoms with van der Waals surface area (Å²) in [5.41, 5.74) is 3.30. The maximum absolute atomic E-state index is 12.3. The first-order valence-corrected chi connectivity index (χ1v) is 9.34. The fourth-order valence-electron chi connectivity index (χ4n) is 2.89. The molecule has 0 unspecified atom stereocenters. The summed E-state index contributed by atoms with van der Waals surface area (Å²) in [4.78, 5) is 12.3. The number of carbonyl (C=O) groups excluding carboxylic acids is 1. The molecule has 0 saturated heterocycles. The summed E-state index contributed by atoms with van der Waals surface area (Å²) >= 11 is 0. The van der Waals surface area contributed by atoms with Crippen molar-refractivity contribution in [1.29, 1.82) is 0 Å². The Labute approximate surface area is 166 Å². The smallest absolute Gasteiger partial charge is 0.224 e. The van der Waals surface area contributed by atoms with Gasteiger partial charge in [-0.15, -0.1) is 0 Å². The lowest BCUT2D eigenvalue weighted by Gasteiger charge is -2.15. The molecule has 3 aromatic carbocycles. The third-order valence-electron chi connectivity index (χ3n) is 4.39. The van der Waals surface area contributed by atoms with Crippen LogP contribution in [0, 0.1) is 0 Å². The van der Waals surface area contributed by atoms with Crippen molar-refractivity contribution in [2.75, 3.05) is 13.7 Å². The molecule has 0 bridgehead atoms. The highest BCUT2D eigenvalue weighted by Crippen LogP contribution is 2.19. The van der Waals surface area contributed by atoms with Crippen molar-refractivity contribution in [2.24, 2.45) is 0 Å². The van der Waals surface area contributed by atoms with Gasteiger partial charge in [-0.3, -0.25) is 4.79 Å². The second-order valence-electron chi connectivity index (χ2n) is 6.69. The van der Waals surface area contributed by atoms with E-state index in [9.17, 15) is 4.79 Å². The summed E-state index contributed by atoms with van der Waals surface area (Å²) in [6.45, 7) is 2.34. The number of rotatable bonds is 8. The summed E-state index contributed by atoms with van der Waals surface area (Å²) in [7, 11) is 1.63. The predicted octanol–water partition coefficient (Wildman–Crippen LogP) is 4.49. The second kappa shape index (κ2) is 9.60. The monoisotopic (exact) mass is 375 g/mol. The van der Waals surface area contributed by atoms with E-state index < -0.39 is 0 Å². The van der Waals surface area contributed by atoms with E-state index in [0.717, 1.165) is 22.6 Å². The number of hydrogen-bond acceptors (Lipinski definition) is 3. The summed E-state index contributed by atoms with van der Waals surface area (Å²) in [5, 5.41) is 2.98. The minimum Gasteiger partial charge on any atom is -0.497 e. The van der Waals surface area contributed by atoms with Gasteiger partial charge < -0.3 is 14.8 Å². The zero-order chi connectivity index (χ0) is 19.8. The third-order valence-corrected chi connectivity index (χ3v) is 4.39. The molecule has 1 amide bonds. The van der Waals surface area contributed by atoms with E-state index in [1.807, 2.05) is 73.7 Å². The third kappa shape index (κ3) is 5.61. The van der Waals surface area contributed by atoms with Gasteiger partial charge in [-0.25, -0.2) is 0 Å². The summed E-state index contributed by atoms with van der Waals surface area (Å²) in [6, 6.07) is 25.6. The van der Waals surface area contributed by atoms with Gasteiger partial charge in [0.05, 0.1) is 19.6 Å². The lowest BCUT2D eigenvalue weighted by atomic mass is 10.0. The average molecular weight is 375 g/mol. The quantitative estimate of drug-likeness (QED) is 0.631. The van der Waals surface area contributed by atoms with Crippen LogP contribution in [-0.4, -0.2) is 25.7 Å². The van der Waals surface area contributed by atoms with Gasteiger partial charge in [-0.05, 0) is 47.9 Å². The van der Waals surface area contributed by atoms with E-state index in [-0.39, 0.29) is 11.9 Å². The van der Waals surface area contributed by atoms with Crippen molar-refractivity contribution >= 4 is 5.91 Å². The van der Waals surface area contributed by atoms with Gasteiger partial charge in [0.2, 0.25) is 5.91 Å². The van der Waals surface area contributed by atoms with Crippen molar-refractivity contribution in [3.63, 3.8) is 0 Å². The Hall–Kier alpha value is -3.27. The van der Waals surface area contributed by atoms with Crippen LogP contribution >= 0.6 is 0 Å². The van der Waals surface area contributed by atoms with Gasteiger partial charge in [-0.1, -0.05) is 54.6 Å². The van der Waals surface area contributed by atoms with Gasteiger partial charge in [0.25, 0.3) is 0 Å². The molecule has 28 heavy (non-hydrogen) atoms. The predicted molar refractivity (Wildman–Crippen MR) is 112 cm³/mol. The normalized spacial score (nSPS) is 11.5. The highest BCUT2D eigenvalue weighted by Gasteiger charge is 2.09. The van der Waals surface area contributed by atoms with Crippen molar-refractivity contribution in [2.45, 2.75) is 19.4 Å². The zero-order valence-corrected chi connectivity index (χ0v) is 16.2. The van der Waals surface area contributed by atoms with Crippen molar-refractivity contribution in [3.8, 4) is 22.6 Å². The van der Waals surface area contributed by atoms with E-state index in [4.69, 9.17) is 9.47 Å². The minimum atomic E-state index is -0.0850.